The van der Waals surface area contributed by atoms with E-state index in [0.29, 0.717) is 6.04 Å². The number of rotatable bonds is 0. The normalized spacial score (nSPS) is 30.1. The average molecular weight is 203 g/mol. The number of benzene rings is 1. The lowest BCUT2D eigenvalue weighted by Gasteiger charge is -2.32. The van der Waals surface area contributed by atoms with Crippen molar-refractivity contribution in [1.82, 2.24) is 5.32 Å². The fourth-order valence-electron chi connectivity index (χ4n) is 2.77. The van der Waals surface area contributed by atoms with Crippen LogP contribution in [0.15, 0.2) is 24.3 Å². The molecule has 1 aromatic carbocycles. The van der Waals surface area contributed by atoms with Crippen molar-refractivity contribution in [2.45, 2.75) is 31.4 Å². The second-order valence-electron chi connectivity index (χ2n) is 4.44. The Labute approximate surface area is 90.6 Å². The van der Waals surface area contributed by atoms with Crippen LogP contribution in [0.4, 0.5) is 0 Å². The molecule has 2 atom stereocenters. The lowest BCUT2D eigenvalue weighted by Crippen LogP contribution is -2.43. The van der Waals surface area contributed by atoms with Crippen LogP contribution in [0, 0.1) is 0 Å². The number of hydrogen-bond acceptors (Lipinski definition) is 2. The summed E-state index contributed by atoms with van der Waals surface area (Å²) in [7, 11) is 0. The van der Waals surface area contributed by atoms with Crippen LogP contribution >= 0.6 is 0 Å². The Bertz CT molecular complexity index is 350. The number of ether oxygens (including phenoxy) is 1. The lowest BCUT2D eigenvalue weighted by atomic mass is 9.98. The van der Waals surface area contributed by atoms with Crippen molar-refractivity contribution < 1.29 is 4.74 Å². The molecular weight excluding hydrogens is 186 g/mol. The van der Waals surface area contributed by atoms with Crippen LogP contribution in [-0.2, 0) is 11.2 Å². The van der Waals surface area contributed by atoms with Crippen molar-refractivity contribution in [3.05, 3.63) is 35.4 Å². The summed E-state index contributed by atoms with van der Waals surface area (Å²) in [5.41, 5.74) is 2.89. The molecule has 0 spiro atoms. The first-order valence-electron chi connectivity index (χ1n) is 5.88. The minimum Gasteiger partial charge on any atom is -0.371 e. The highest BCUT2D eigenvalue weighted by molar-refractivity contribution is 5.31. The first-order chi connectivity index (χ1) is 7.45. The van der Waals surface area contributed by atoms with E-state index in [-0.39, 0.29) is 6.10 Å². The molecule has 2 heteroatoms. The van der Waals surface area contributed by atoms with Gasteiger partial charge in [-0.1, -0.05) is 24.3 Å². The Balaban J connectivity index is 1.99. The maximum atomic E-state index is 5.93. The Morgan fingerprint density at radius 2 is 2.20 bits per heavy atom. The molecule has 2 aliphatic rings. The summed E-state index contributed by atoms with van der Waals surface area (Å²) in [6.07, 6.45) is 4.00. The van der Waals surface area contributed by atoms with Crippen LogP contribution in [0.3, 0.4) is 0 Å². The highest BCUT2D eigenvalue weighted by Gasteiger charge is 2.30. The first-order valence-corrected chi connectivity index (χ1v) is 5.88. The molecule has 3 rings (SSSR count). The summed E-state index contributed by atoms with van der Waals surface area (Å²) in [5, 5.41) is 3.58. The molecule has 15 heavy (non-hydrogen) atoms. The smallest absolute Gasteiger partial charge is 0.0981 e. The van der Waals surface area contributed by atoms with Crippen molar-refractivity contribution in [3.8, 4) is 0 Å². The van der Waals surface area contributed by atoms with Gasteiger partial charge < -0.3 is 10.1 Å². The van der Waals surface area contributed by atoms with E-state index in [1.54, 1.807) is 0 Å². The van der Waals surface area contributed by atoms with E-state index >= 15 is 0 Å². The van der Waals surface area contributed by atoms with Crippen molar-refractivity contribution in [2.24, 2.45) is 0 Å². The van der Waals surface area contributed by atoms with Gasteiger partial charge in [0.2, 0.25) is 0 Å². The zero-order valence-electron chi connectivity index (χ0n) is 8.91. The van der Waals surface area contributed by atoms with E-state index < -0.39 is 0 Å². The lowest BCUT2D eigenvalue weighted by molar-refractivity contribution is -0.00645. The second-order valence-corrected chi connectivity index (χ2v) is 4.44. The first kappa shape index (κ1) is 9.37. The zero-order valence-corrected chi connectivity index (χ0v) is 8.91. The van der Waals surface area contributed by atoms with Crippen LogP contribution < -0.4 is 5.32 Å². The molecule has 80 valence electrons. The summed E-state index contributed by atoms with van der Waals surface area (Å²) < 4.78 is 5.93. The number of hydrogen-bond donors (Lipinski definition) is 1. The molecule has 0 radical (unpaired) electrons. The summed E-state index contributed by atoms with van der Waals surface area (Å²) in [6.45, 7) is 1.85. The van der Waals surface area contributed by atoms with E-state index in [4.69, 9.17) is 4.74 Å². The largest absolute Gasteiger partial charge is 0.371 e. The van der Waals surface area contributed by atoms with Crippen molar-refractivity contribution in [2.75, 3.05) is 13.2 Å². The molecule has 1 aliphatic heterocycles. The standard InChI is InChI=1S/C13H17NO/c1-2-6-11-10(4-1)5-3-7-12-13(11)15-9-8-14-12/h1-2,4,6,12-14H,3,5,7-9H2/t12-,13+/m1/s1. The highest BCUT2D eigenvalue weighted by atomic mass is 16.5. The summed E-state index contributed by atoms with van der Waals surface area (Å²) in [6, 6.07) is 9.26. The van der Waals surface area contributed by atoms with Gasteiger partial charge in [-0.3, -0.25) is 0 Å². The molecule has 1 N–H and O–H groups in total. The highest BCUT2D eigenvalue weighted by Crippen LogP contribution is 2.32. The Morgan fingerprint density at radius 1 is 1.27 bits per heavy atom. The molecular formula is C13H17NO. The van der Waals surface area contributed by atoms with Gasteiger partial charge >= 0.3 is 0 Å². The van der Waals surface area contributed by atoms with Gasteiger partial charge in [0.15, 0.2) is 0 Å². The van der Waals surface area contributed by atoms with Gasteiger partial charge in [0, 0.05) is 12.6 Å². The Morgan fingerprint density at radius 3 is 3.20 bits per heavy atom. The SMILES string of the molecule is c1ccc2c(c1)CCC[C@H]1NCCO[C@@H]21. The topological polar surface area (TPSA) is 21.3 Å². The van der Waals surface area contributed by atoms with Crippen LogP contribution in [0.25, 0.3) is 0 Å². The van der Waals surface area contributed by atoms with Crippen LogP contribution in [0.1, 0.15) is 30.1 Å². The minimum absolute atomic E-state index is 0.289. The predicted molar refractivity (Wildman–Crippen MR) is 59.9 cm³/mol. The summed E-state index contributed by atoms with van der Waals surface area (Å²) in [4.78, 5) is 0. The number of fused-ring (bicyclic) bond motifs is 3. The van der Waals surface area contributed by atoms with Crippen LogP contribution in [0.2, 0.25) is 0 Å². The minimum atomic E-state index is 0.289. The monoisotopic (exact) mass is 203 g/mol. The third-order valence-corrected chi connectivity index (χ3v) is 3.49. The van der Waals surface area contributed by atoms with E-state index in [9.17, 15) is 0 Å². The van der Waals surface area contributed by atoms with Crippen molar-refractivity contribution in [1.29, 1.82) is 0 Å². The Hall–Kier alpha value is -0.860. The molecule has 0 amide bonds. The Kier molecular flexibility index (Phi) is 2.47. The second kappa shape index (κ2) is 3.95. The molecule has 1 aliphatic carbocycles. The van der Waals surface area contributed by atoms with E-state index in [1.807, 2.05) is 0 Å². The molecule has 1 heterocycles. The van der Waals surface area contributed by atoms with Gasteiger partial charge in [-0.15, -0.1) is 0 Å². The molecule has 1 saturated heterocycles. The number of aryl methyl sites for hydroxylation is 1. The van der Waals surface area contributed by atoms with Crippen LogP contribution in [0.5, 0.6) is 0 Å². The maximum Gasteiger partial charge on any atom is 0.0981 e. The van der Waals surface area contributed by atoms with Crippen LogP contribution in [-0.4, -0.2) is 19.2 Å². The fraction of sp³-hybridized carbons (Fsp3) is 0.538. The summed E-state index contributed by atoms with van der Waals surface area (Å²) in [5.74, 6) is 0. The van der Waals surface area contributed by atoms with Gasteiger partial charge in [0.05, 0.1) is 12.7 Å². The molecule has 0 bridgehead atoms. The number of nitrogens with one attached hydrogen (secondary N) is 1. The van der Waals surface area contributed by atoms with E-state index in [2.05, 4.69) is 29.6 Å². The number of morpholine rings is 1. The fourth-order valence-corrected chi connectivity index (χ4v) is 2.77. The zero-order chi connectivity index (χ0) is 10.1. The van der Waals surface area contributed by atoms with E-state index in [0.717, 1.165) is 13.2 Å². The maximum absolute atomic E-state index is 5.93. The molecule has 1 aromatic rings. The van der Waals surface area contributed by atoms with Crippen molar-refractivity contribution in [3.63, 3.8) is 0 Å². The average Bonchev–Trinajstić information content (AvgIpc) is 2.48. The molecule has 0 saturated carbocycles. The molecule has 2 nitrogen and oxygen atoms in total. The molecule has 0 unspecified atom stereocenters. The predicted octanol–water partition coefficient (Wildman–Crippen LogP) is 2.05. The van der Waals surface area contributed by atoms with Gasteiger partial charge in [-0.2, -0.15) is 0 Å². The third-order valence-electron chi connectivity index (χ3n) is 3.49. The quantitative estimate of drug-likeness (QED) is 0.697. The van der Waals surface area contributed by atoms with Gasteiger partial charge in [-0.25, -0.2) is 0 Å². The van der Waals surface area contributed by atoms with Gasteiger partial charge in [-0.05, 0) is 30.4 Å². The summed E-state index contributed by atoms with van der Waals surface area (Å²) >= 11 is 0. The van der Waals surface area contributed by atoms with Crippen molar-refractivity contribution >= 4 is 0 Å². The van der Waals surface area contributed by atoms with Gasteiger partial charge in [0.25, 0.3) is 0 Å². The third kappa shape index (κ3) is 1.68. The molecule has 1 fully saturated rings. The van der Waals surface area contributed by atoms with E-state index in [1.165, 1.54) is 30.4 Å². The molecule has 0 aromatic heterocycles. The van der Waals surface area contributed by atoms with Gasteiger partial charge in [0.1, 0.15) is 0 Å².